The predicted molar refractivity (Wildman–Crippen MR) is 88.0 cm³/mol. The van der Waals surface area contributed by atoms with Crippen molar-refractivity contribution in [3.63, 3.8) is 0 Å². The Morgan fingerprint density at radius 3 is 2.76 bits per heavy atom. The Hall–Kier alpha value is -1.26. The van der Waals surface area contributed by atoms with E-state index < -0.39 is 0 Å². The molecule has 4 rings (SSSR count). The second-order valence-electron chi connectivity index (χ2n) is 6.12. The zero-order valence-corrected chi connectivity index (χ0v) is 13.2. The lowest BCUT2D eigenvalue weighted by atomic mass is 10.2. The van der Waals surface area contributed by atoms with Crippen LogP contribution in [0.1, 0.15) is 35.4 Å². The van der Waals surface area contributed by atoms with Crippen LogP contribution >= 0.6 is 22.9 Å². The third kappa shape index (κ3) is 2.51. The van der Waals surface area contributed by atoms with Crippen molar-refractivity contribution >= 4 is 44.6 Å². The van der Waals surface area contributed by atoms with Gasteiger partial charge in [-0.05, 0) is 49.8 Å². The minimum Gasteiger partial charge on any atom is -0.397 e. The van der Waals surface area contributed by atoms with Crippen LogP contribution in [0, 0.1) is 5.92 Å². The van der Waals surface area contributed by atoms with Crippen LogP contribution < -0.4 is 5.73 Å². The number of hydrogen-bond acceptors (Lipinski definition) is 3. The molecule has 2 N–H and O–H groups in total. The molecule has 2 aliphatic carbocycles. The van der Waals surface area contributed by atoms with Gasteiger partial charge in [0.05, 0.1) is 5.69 Å². The molecule has 1 aromatic heterocycles. The zero-order valence-electron chi connectivity index (χ0n) is 11.6. The van der Waals surface area contributed by atoms with E-state index in [0.717, 1.165) is 29.5 Å². The van der Waals surface area contributed by atoms with Gasteiger partial charge in [-0.2, -0.15) is 0 Å². The Bertz CT molecular complexity index is 718. The van der Waals surface area contributed by atoms with Gasteiger partial charge in [0.15, 0.2) is 0 Å². The Morgan fingerprint density at radius 1 is 1.33 bits per heavy atom. The first-order valence-electron chi connectivity index (χ1n) is 7.42. The third-order valence-corrected chi connectivity index (χ3v) is 5.69. The van der Waals surface area contributed by atoms with Crippen LogP contribution in [0.25, 0.3) is 10.1 Å². The van der Waals surface area contributed by atoms with Crippen molar-refractivity contribution in [3.05, 3.63) is 28.1 Å². The molecular weight excluding hydrogens is 304 g/mol. The summed E-state index contributed by atoms with van der Waals surface area (Å²) in [5, 5.41) is 1.56. The summed E-state index contributed by atoms with van der Waals surface area (Å²) in [6.07, 6.45) is 4.78. The van der Waals surface area contributed by atoms with Gasteiger partial charge in [0.2, 0.25) is 0 Å². The first-order valence-corrected chi connectivity index (χ1v) is 8.61. The van der Waals surface area contributed by atoms with Gasteiger partial charge in [-0.15, -0.1) is 11.3 Å². The molecule has 1 aromatic carbocycles. The lowest BCUT2D eigenvalue weighted by Crippen LogP contribution is -2.34. The topological polar surface area (TPSA) is 46.3 Å². The molecule has 110 valence electrons. The lowest BCUT2D eigenvalue weighted by molar-refractivity contribution is 0.0741. The molecule has 0 radical (unpaired) electrons. The van der Waals surface area contributed by atoms with E-state index in [1.54, 1.807) is 0 Å². The van der Waals surface area contributed by atoms with E-state index in [9.17, 15) is 4.79 Å². The summed E-state index contributed by atoms with van der Waals surface area (Å²) < 4.78 is 1.03. The summed E-state index contributed by atoms with van der Waals surface area (Å²) >= 11 is 7.52. The van der Waals surface area contributed by atoms with E-state index in [-0.39, 0.29) is 5.91 Å². The first-order chi connectivity index (χ1) is 10.1. The van der Waals surface area contributed by atoms with Crippen molar-refractivity contribution < 1.29 is 4.79 Å². The fourth-order valence-corrected chi connectivity index (χ4v) is 3.97. The van der Waals surface area contributed by atoms with Crippen LogP contribution in [-0.2, 0) is 0 Å². The van der Waals surface area contributed by atoms with E-state index >= 15 is 0 Å². The summed E-state index contributed by atoms with van der Waals surface area (Å²) in [5.41, 5.74) is 6.80. The molecule has 0 atom stereocenters. The van der Waals surface area contributed by atoms with Gasteiger partial charge in [-0.3, -0.25) is 4.79 Å². The highest BCUT2D eigenvalue weighted by Gasteiger charge is 2.38. The van der Waals surface area contributed by atoms with Crippen molar-refractivity contribution in [1.82, 2.24) is 4.90 Å². The summed E-state index contributed by atoms with van der Waals surface area (Å²) in [4.78, 5) is 15.6. The minimum atomic E-state index is 0.110. The number of fused-ring (bicyclic) bond motifs is 1. The maximum Gasteiger partial charge on any atom is 0.266 e. The van der Waals surface area contributed by atoms with Crippen molar-refractivity contribution in [2.75, 3.05) is 12.3 Å². The van der Waals surface area contributed by atoms with Crippen LogP contribution in [0.2, 0.25) is 5.02 Å². The Morgan fingerprint density at radius 2 is 2.10 bits per heavy atom. The molecule has 21 heavy (non-hydrogen) atoms. The molecular formula is C16H17ClN2OS. The van der Waals surface area contributed by atoms with Gasteiger partial charge in [0, 0.05) is 27.7 Å². The van der Waals surface area contributed by atoms with Crippen molar-refractivity contribution in [2.24, 2.45) is 5.92 Å². The fourth-order valence-electron chi connectivity index (χ4n) is 2.74. The second-order valence-corrected chi connectivity index (χ2v) is 7.61. The molecule has 3 nitrogen and oxygen atoms in total. The molecule has 0 saturated heterocycles. The van der Waals surface area contributed by atoms with E-state index in [4.69, 9.17) is 17.3 Å². The molecule has 0 aliphatic heterocycles. The molecule has 0 spiro atoms. The second kappa shape index (κ2) is 4.89. The summed E-state index contributed by atoms with van der Waals surface area (Å²) in [6, 6.07) is 6.07. The van der Waals surface area contributed by atoms with Gasteiger partial charge < -0.3 is 10.6 Å². The molecule has 1 amide bonds. The number of benzene rings is 1. The lowest BCUT2D eigenvalue weighted by Gasteiger charge is -2.21. The minimum absolute atomic E-state index is 0.110. The quantitative estimate of drug-likeness (QED) is 0.919. The Kier molecular flexibility index (Phi) is 3.12. The highest BCUT2D eigenvalue weighted by molar-refractivity contribution is 7.21. The number of nitrogen functional groups attached to an aromatic ring is 1. The van der Waals surface area contributed by atoms with Crippen molar-refractivity contribution in [2.45, 2.75) is 31.7 Å². The highest BCUT2D eigenvalue weighted by Crippen LogP contribution is 2.40. The maximum atomic E-state index is 12.9. The number of hydrogen-bond donors (Lipinski definition) is 1. The van der Waals surface area contributed by atoms with Crippen LogP contribution in [0.15, 0.2) is 18.2 Å². The van der Waals surface area contributed by atoms with Crippen LogP contribution in [-0.4, -0.2) is 23.4 Å². The average molecular weight is 321 g/mol. The average Bonchev–Trinajstić information content (AvgIpc) is 3.35. The van der Waals surface area contributed by atoms with E-state index in [0.29, 0.717) is 27.5 Å². The number of amides is 1. The fraction of sp³-hybridized carbons (Fsp3) is 0.438. The molecule has 0 unspecified atom stereocenters. The van der Waals surface area contributed by atoms with E-state index in [2.05, 4.69) is 4.90 Å². The van der Waals surface area contributed by atoms with Crippen LogP contribution in [0.5, 0.6) is 0 Å². The van der Waals surface area contributed by atoms with Crippen molar-refractivity contribution in [1.29, 1.82) is 0 Å². The normalized spacial score (nSPS) is 18.1. The number of carbonyl (C=O) groups excluding carboxylic acids is 1. The van der Waals surface area contributed by atoms with Gasteiger partial charge in [-0.1, -0.05) is 11.6 Å². The number of halogens is 1. The summed E-state index contributed by atoms with van der Waals surface area (Å²) in [5.74, 6) is 0.818. The monoisotopic (exact) mass is 320 g/mol. The van der Waals surface area contributed by atoms with Crippen LogP contribution in [0.3, 0.4) is 0 Å². The first kappa shape index (κ1) is 13.4. The third-order valence-electron chi connectivity index (χ3n) is 4.28. The number of rotatable bonds is 4. The Labute approximate surface area is 132 Å². The van der Waals surface area contributed by atoms with Gasteiger partial charge in [0.25, 0.3) is 5.91 Å². The SMILES string of the molecule is Nc1c(C(=O)N(CC2CC2)C2CC2)sc2ccc(Cl)cc12. The molecule has 5 heteroatoms. The van der Waals surface area contributed by atoms with Crippen LogP contribution in [0.4, 0.5) is 5.69 Å². The number of anilines is 1. The van der Waals surface area contributed by atoms with Gasteiger partial charge in [0.1, 0.15) is 4.88 Å². The number of thiophene rings is 1. The molecule has 2 aromatic rings. The van der Waals surface area contributed by atoms with E-state index in [1.807, 2.05) is 18.2 Å². The van der Waals surface area contributed by atoms with Gasteiger partial charge in [-0.25, -0.2) is 0 Å². The zero-order chi connectivity index (χ0) is 14.6. The Balaban J connectivity index is 1.70. The molecule has 2 saturated carbocycles. The number of carbonyl (C=O) groups is 1. The molecule has 2 fully saturated rings. The largest absolute Gasteiger partial charge is 0.397 e. The summed E-state index contributed by atoms with van der Waals surface area (Å²) in [6.45, 7) is 0.901. The van der Waals surface area contributed by atoms with Crippen molar-refractivity contribution in [3.8, 4) is 0 Å². The number of nitrogens with two attached hydrogens (primary N) is 1. The standard InChI is InChI=1S/C16H17ClN2OS/c17-10-3-6-13-12(7-10)14(18)15(21-13)16(20)19(11-4-5-11)8-9-1-2-9/h3,6-7,9,11H,1-2,4-5,8,18H2. The van der Waals surface area contributed by atoms with E-state index in [1.165, 1.54) is 24.2 Å². The summed E-state index contributed by atoms with van der Waals surface area (Å²) in [7, 11) is 0. The smallest absolute Gasteiger partial charge is 0.266 e. The predicted octanol–water partition coefficient (Wildman–Crippen LogP) is 4.15. The molecule has 1 heterocycles. The molecule has 0 bridgehead atoms. The van der Waals surface area contributed by atoms with Gasteiger partial charge >= 0.3 is 0 Å². The maximum absolute atomic E-state index is 12.9. The molecule has 2 aliphatic rings. The highest BCUT2D eigenvalue weighted by atomic mass is 35.5. The number of nitrogens with zero attached hydrogens (tertiary/aromatic N) is 1.